The monoisotopic (exact) mass is 594 g/mol. The molecule has 1 atom stereocenters. The van der Waals surface area contributed by atoms with Crippen molar-refractivity contribution in [2.24, 2.45) is 11.8 Å². The highest BCUT2D eigenvalue weighted by atomic mass is 35.5. The molecular formula is C35H63ClN2O3. The quantitative estimate of drug-likeness (QED) is 0.309. The van der Waals surface area contributed by atoms with Gasteiger partial charge in [0.2, 0.25) is 0 Å². The van der Waals surface area contributed by atoms with Gasteiger partial charge in [-0.05, 0) is 61.3 Å². The first-order valence-electron chi connectivity index (χ1n) is 16.2. The number of aliphatic carboxylic acids is 1. The van der Waals surface area contributed by atoms with Crippen molar-refractivity contribution in [1.29, 1.82) is 0 Å². The van der Waals surface area contributed by atoms with Gasteiger partial charge in [-0.25, -0.2) is 4.79 Å². The Labute approximate surface area is 258 Å². The zero-order valence-corrected chi connectivity index (χ0v) is 29.1. The molecule has 0 spiro atoms. The van der Waals surface area contributed by atoms with E-state index in [1.165, 1.54) is 67.4 Å². The maximum atomic E-state index is 11.9. The third-order valence-corrected chi connectivity index (χ3v) is 7.71. The van der Waals surface area contributed by atoms with Gasteiger partial charge >= 0.3 is 12.0 Å². The molecule has 1 N–H and O–H groups in total. The highest BCUT2D eigenvalue weighted by Gasteiger charge is 2.30. The Morgan fingerprint density at radius 1 is 1.07 bits per heavy atom. The van der Waals surface area contributed by atoms with Gasteiger partial charge in [0.05, 0.1) is 12.5 Å². The molecule has 41 heavy (non-hydrogen) atoms. The van der Waals surface area contributed by atoms with Gasteiger partial charge in [-0.1, -0.05) is 124 Å². The first-order chi connectivity index (χ1) is 19.5. The van der Waals surface area contributed by atoms with Crippen molar-refractivity contribution in [1.82, 2.24) is 9.80 Å². The maximum Gasteiger partial charge on any atom is 0.324 e. The zero-order valence-electron chi connectivity index (χ0n) is 28.4. The molecule has 1 unspecified atom stereocenters. The van der Waals surface area contributed by atoms with E-state index < -0.39 is 5.97 Å². The van der Waals surface area contributed by atoms with E-state index in [1.807, 2.05) is 34.6 Å². The van der Waals surface area contributed by atoms with Gasteiger partial charge < -0.3 is 14.9 Å². The van der Waals surface area contributed by atoms with Crippen LogP contribution in [-0.4, -0.2) is 46.5 Å². The van der Waals surface area contributed by atoms with Crippen LogP contribution in [0.1, 0.15) is 131 Å². The van der Waals surface area contributed by atoms with Crippen molar-refractivity contribution in [3.05, 3.63) is 46.1 Å². The van der Waals surface area contributed by atoms with Gasteiger partial charge in [0, 0.05) is 24.8 Å². The number of nitrogens with zero attached hydrogens (tertiary/aromatic N) is 2. The highest BCUT2D eigenvalue weighted by Crippen LogP contribution is 2.30. The molecule has 6 heteroatoms. The van der Waals surface area contributed by atoms with Crippen LogP contribution in [-0.2, 0) is 11.2 Å². The Kier molecular flexibility index (Phi) is 24.7. The van der Waals surface area contributed by atoms with Gasteiger partial charge in [-0.2, -0.15) is 0 Å². The van der Waals surface area contributed by atoms with E-state index in [-0.39, 0.29) is 25.0 Å². The summed E-state index contributed by atoms with van der Waals surface area (Å²) in [4.78, 5) is 25.6. The number of benzene rings is 1. The van der Waals surface area contributed by atoms with Gasteiger partial charge in [0.15, 0.2) is 0 Å². The Balaban J connectivity index is 0. The van der Waals surface area contributed by atoms with E-state index in [4.69, 9.17) is 16.7 Å². The number of hydrogen-bond acceptors (Lipinski definition) is 2. The topological polar surface area (TPSA) is 60.9 Å². The number of rotatable bonds is 9. The van der Waals surface area contributed by atoms with Crippen LogP contribution in [0, 0.1) is 18.8 Å². The molecule has 238 valence electrons. The Morgan fingerprint density at radius 3 is 2.07 bits per heavy atom. The first kappa shape index (κ1) is 41.1. The number of carboxylic acid groups (broad SMARTS) is 1. The third-order valence-electron chi connectivity index (χ3n) is 7.36. The molecule has 3 rings (SSSR count). The molecule has 1 aromatic carbocycles. The number of hydrogen-bond donors (Lipinski definition) is 1. The predicted molar refractivity (Wildman–Crippen MR) is 179 cm³/mol. The van der Waals surface area contributed by atoms with Crippen LogP contribution in [0.25, 0.3) is 0 Å². The first-order valence-corrected chi connectivity index (χ1v) is 16.6. The number of amides is 2. The Bertz CT molecular complexity index is 861. The smallest absolute Gasteiger partial charge is 0.324 e. The molecule has 0 aromatic heterocycles. The predicted octanol–water partition coefficient (Wildman–Crippen LogP) is 10.8. The van der Waals surface area contributed by atoms with Crippen molar-refractivity contribution >= 4 is 23.6 Å². The summed E-state index contributed by atoms with van der Waals surface area (Å²) >= 11 is 6.21. The Morgan fingerprint density at radius 2 is 1.63 bits per heavy atom. The molecule has 0 radical (unpaired) electrons. The van der Waals surface area contributed by atoms with Crippen molar-refractivity contribution in [3.63, 3.8) is 0 Å². The normalized spacial score (nSPS) is 16.3. The fourth-order valence-electron chi connectivity index (χ4n) is 4.81. The second-order valence-electron chi connectivity index (χ2n) is 10.8. The molecular weight excluding hydrogens is 532 g/mol. The second kappa shape index (κ2) is 24.6. The van der Waals surface area contributed by atoms with E-state index in [2.05, 4.69) is 52.8 Å². The molecule has 2 aliphatic rings. The van der Waals surface area contributed by atoms with Gasteiger partial charge in [-0.3, -0.25) is 4.79 Å². The van der Waals surface area contributed by atoms with Crippen LogP contribution in [0.2, 0.25) is 5.02 Å². The number of carboxylic acids is 1. The van der Waals surface area contributed by atoms with Crippen LogP contribution in [0.5, 0.6) is 0 Å². The number of aryl methyl sites for hydroxylation is 2. The van der Waals surface area contributed by atoms with Crippen molar-refractivity contribution < 1.29 is 14.7 Å². The second-order valence-corrected chi connectivity index (χ2v) is 11.2. The summed E-state index contributed by atoms with van der Waals surface area (Å²) in [6, 6.07) is 6.36. The Hall–Kier alpha value is -2.01. The lowest BCUT2D eigenvalue weighted by atomic mass is 9.95. The van der Waals surface area contributed by atoms with E-state index in [1.54, 1.807) is 18.1 Å². The molecule has 1 saturated carbocycles. The minimum atomic E-state index is -0.890. The van der Waals surface area contributed by atoms with Gasteiger partial charge in [0.1, 0.15) is 0 Å². The molecule has 5 nitrogen and oxygen atoms in total. The van der Waals surface area contributed by atoms with Gasteiger partial charge in [-0.15, -0.1) is 0 Å². The van der Waals surface area contributed by atoms with Crippen molar-refractivity contribution in [2.75, 3.05) is 13.6 Å². The van der Waals surface area contributed by atoms with E-state index in [0.29, 0.717) is 5.92 Å². The van der Waals surface area contributed by atoms with Crippen LogP contribution in [0.15, 0.2) is 30.0 Å². The molecule has 1 fully saturated rings. The molecule has 2 amide bonds. The number of unbranched alkanes of at least 4 members (excludes halogenated alkanes) is 2. The molecule has 0 bridgehead atoms. The van der Waals surface area contributed by atoms with Crippen molar-refractivity contribution in [2.45, 2.75) is 139 Å². The summed E-state index contributed by atoms with van der Waals surface area (Å²) in [5, 5.41) is 9.60. The molecule has 1 aliphatic heterocycles. The summed E-state index contributed by atoms with van der Waals surface area (Å²) in [6.45, 7) is 20.9. The van der Waals surface area contributed by atoms with Crippen LogP contribution < -0.4 is 0 Å². The number of urea groups is 1. The molecule has 1 aliphatic carbocycles. The van der Waals surface area contributed by atoms with E-state index in [0.717, 1.165) is 22.9 Å². The third kappa shape index (κ3) is 16.9. The average molecular weight is 595 g/mol. The average Bonchev–Trinajstić information content (AvgIpc) is 3.48. The lowest BCUT2D eigenvalue weighted by molar-refractivity contribution is -0.137. The fraction of sp³-hybridized carbons (Fsp3) is 0.714. The van der Waals surface area contributed by atoms with E-state index in [9.17, 15) is 9.59 Å². The molecule has 1 heterocycles. The standard InChI is InChI=1S/C14H19Cl.C12H20N2O3.C5H12.2C2H6/c1-11-6-8-13(14(15)10-11)9-7-12-4-2-3-5-12;1-8(2)10-7-14(6-5-11(15)16)12(17)13(4)9(10)3;1-3-5-4-2;2*1-2/h6,8,10,12H,2-5,7,9H2,1H3;7-9H,5-6H2,1-4H3,(H,15,16);3-5H2,1-2H3;2*1-2H3. The van der Waals surface area contributed by atoms with Crippen molar-refractivity contribution in [3.8, 4) is 0 Å². The summed E-state index contributed by atoms with van der Waals surface area (Å²) in [5.74, 6) is 0.411. The zero-order chi connectivity index (χ0) is 32.0. The van der Waals surface area contributed by atoms with Gasteiger partial charge in [0.25, 0.3) is 0 Å². The van der Waals surface area contributed by atoms with Crippen LogP contribution in [0.4, 0.5) is 4.79 Å². The number of carbonyl (C=O) groups is 2. The summed E-state index contributed by atoms with van der Waals surface area (Å²) in [6.07, 6.45) is 14.1. The highest BCUT2D eigenvalue weighted by molar-refractivity contribution is 6.31. The molecule has 0 saturated heterocycles. The SMILES string of the molecule is CC.CC.CC(C)C1=CN(CCC(=O)O)C(=O)N(C)C1C.CCCCC.Cc1ccc(CCC2CCCC2)c(Cl)c1. The summed E-state index contributed by atoms with van der Waals surface area (Å²) in [5.41, 5.74) is 3.73. The minimum absolute atomic E-state index is 0.0319. The van der Waals surface area contributed by atoms with E-state index >= 15 is 0 Å². The minimum Gasteiger partial charge on any atom is -0.481 e. The fourth-order valence-corrected chi connectivity index (χ4v) is 5.14. The summed E-state index contributed by atoms with van der Waals surface area (Å²) < 4.78 is 0. The number of likely N-dealkylation sites (N-methyl/N-ethyl adjacent to an activating group) is 1. The number of carbonyl (C=O) groups excluding carboxylic acids is 1. The van der Waals surface area contributed by atoms with Crippen LogP contribution in [0.3, 0.4) is 0 Å². The number of halogens is 1. The maximum absolute atomic E-state index is 11.9. The summed E-state index contributed by atoms with van der Waals surface area (Å²) in [7, 11) is 1.75. The molecule has 1 aromatic rings. The van der Waals surface area contributed by atoms with Crippen LogP contribution >= 0.6 is 11.6 Å². The lowest BCUT2D eigenvalue weighted by Gasteiger charge is -2.38. The largest absolute Gasteiger partial charge is 0.481 e. The lowest BCUT2D eigenvalue weighted by Crippen LogP contribution is -2.49.